The monoisotopic (exact) mass is 555 g/mol. The van der Waals surface area contributed by atoms with Crippen molar-refractivity contribution in [1.82, 2.24) is 16.0 Å². The Labute approximate surface area is 219 Å². The Kier molecular flexibility index (Phi) is 10.9. The zero-order chi connectivity index (χ0) is 29.3. The molecular weight excluding hydrogens is 530 g/mol. The van der Waals surface area contributed by atoms with Gasteiger partial charge in [-0.25, -0.2) is 8.78 Å². The lowest BCUT2D eigenvalue weighted by Gasteiger charge is -2.24. The average molecular weight is 555 g/mol. The van der Waals surface area contributed by atoms with Crippen LogP contribution in [0.3, 0.4) is 0 Å². The Bertz CT molecular complexity index is 1220. The van der Waals surface area contributed by atoms with Crippen LogP contribution in [0.4, 0.5) is 17.6 Å². The molecule has 10 nitrogen and oxygen atoms in total. The Morgan fingerprint density at radius 1 is 0.897 bits per heavy atom. The summed E-state index contributed by atoms with van der Waals surface area (Å²) in [6, 6.07) is 5.32. The summed E-state index contributed by atoms with van der Waals surface area (Å²) in [5, 5.41) is 15.8. The van der Waals surface area contributed by atoms with Crippen molar-refractivity contribution in [1.29, 1.82) is 0 Å². The second-order valence-electron chi connectivity index (χ2n) is 8.57. The Balaban J connectivity index is 2.08. The minimum atomic E-state index is -1.92. The zero-order valence-corrected chi connectivity index (χ0v) is 20.7. The topological polar surface area (TPSA) is 151 Å². The second-order valence-corrected chi connectivity index (χ2v) is 8.57. The summed E-state index contributed by atoms with van der Waals surface area (Å²) in [5.74, 6) is -15.7. The molecule has 0 bridgehead atoms. The van der Waals surface area contributed by atoms with Crippen LogP contribution in [0.1, 0.15) is 25.8 Å². The van der Waals surface area contributed by atoms with Crippen LogP contribution in [0, 0.1) is 29.2 Å². The molecule has 0 fully saturated rings. The van der Waals surface area contributed by atoms with Crippen LogP contribution in [0.25, 0.3) is 0 Å². The van der Waals surface area contributed by atoms with E-state index in [0.29, 0.717) is 5.56 Å². The van der Waals surface area contributed by atoms with E-state index in [9.17, 15) is 41.5 Å². The number of benzene rings is 2. The molecule has 39 heavy (non-hydrogen) atoms. The zero-order valence-electron chi connectivity index (χ0n) is 20.7. The maximum absolute atomic E-state index is 13.8. The first-order valence-electron chi connectivity index (χ1n) is 11.4. The lowest BCUT2D eigenvalue weighted by molar-refractivity contribution is -0.142. The summed E-state index contributed by atoms with van der Waals surface area (Å²) in [6.07, 6.45) is -1.01. The highest BCUT2D eigenvalue weighted by atomic mass is 19.2. The molecule has 0 saturated carbocycles. The fraction of sp³-hybridized carbons (Fsp3) is 0.320. The van der Waals surface area contributed by atoms with Crippen LogP contribution in [-0.4, -0.2) is 53.3 Å². The first-order valence-corrected chi connectivity index (χ1v) is 11.4. The van der Waals surface area contributed by atoms with Crippen LogP contribution in [0.5, 0.6) is 5.75 Å². The number of carboxylic acid groups (broad SMARTS) is 1. The molecule has 3 amide bonds. The van der Waals surface area contributed by atoms with Crippen molar-refractivity contribution in [2.24, 2.45) is 5.92 Å². The van der Waals surface area contributed by atoms with Gasteiger partial charge >= 0.3 is 17.8 Å². The van der Waals surface area contributed by atoms with E-state index in [2.05, 4.69) is 20.7 Å². The molecule has 4 N–H and O–H groups in total. The lowest BCUT2D eigenvalue weighted by Crippen LogP contribution is -2.56. The molecule has 0 radical (unpaired) electrons. The number of Topliss-reactive ketones (excluding diaryl/α,β-unsaturated/α-hetero) is 1. The van der Waals surface area contributed by atoms with E-state index in [1.165, 1.54) is 13.8 Å². The van der Waals surface area contributed by atoms with Crippen molar-refractivity contribution in [3.8, 4) is 5.75 Å². The molecule has 0 aliphatic carbocycles. The molecule has 0 aliphatic heterocycles. The third-order valence-electron chi connectivity index (χ3n) is 5.25. The van der Waals surface area contributed by atoms with Gasteiger partial charge in [0.15, 0.2) is 23.2 Å². The molecule has 0 saturated heterocycles. The number of carbonyl (C=O) groups excluding carboxylic acids is 4. The highest BCUT2D eigenvalue weighted by molar-refractivity contribution is 6.35. The SMILES string of the molecule is CC(C)C(NC(=O)C(=O)NCc1ccccc1)C(=O)NC(CC(=O)O)C(=O)COc1c(F)c(F)cc(F)c1F. The predicted molar refractivity (Wildman–Crippen MR) is 126 cm³/mol. The van der Waals surface area contributed by atoms with E-state index in [-0.39, 0.29) is 12.6 Å². The van der Waals surface area contributed by atoms with Gasteiger partial charge in [0.2, 0.25) is 17.5 Å². The normalized spacial score (nSPS) is 12.3. The molecule has 0 aliphatic rings. The van der Waals surface area contributed by atoms with Crippen molar-refractivity contribution in [3.63, 3.8) is 0 Å². The van der Waals surface area contributed by atoms with Crippen molar-refractivity contribution < 1.29 is 51.4 Å². The lowest BCUT2D eigenvalue weighted by atomic mass is 10.0. The Morgan fingerprint density at radius 3 is 2.03 bits per heavy atom. The van der Waals surface area contributed by atoms with Crippen molar-refractivity contribution in [2.75, 3.05) is 6.61 Å². The standard InChI is InChI=1S/C25H25F4N3O7/c1-12(2)21(32-25(38)24(37)30-10-13-6-4-3-5-7-13)23(36)31-16(9-18(34)35)17(33)11-39-22-19(28)14(26)8-15(27)20(22)29/h3-8,12,16,21H,9-11H2,1-2H3,(H,30,37)(H,31,36)(H,32,38)(H,34,35). The van der Waals surface area contributed by atoms with Gasteiger partial charge in [0.25, 0.3) is 0 Å². The molecule has 2 rings (SSSR count). The fourth-order valence-electron chi connectivity index (χ4n) is 3.20. The van der Waals surface area contributed by atoms with Crippen molar-refractivity contribution in [2.45, 2.75) is 38.9 Å². The molecule has 2 unspecified atom stereocenters. The summed E-state index contributed by atoms with van der Waals surface area (Å²) in [5.41, 5.74) is 0.704. The highest BCUT2D eigenvalue weighted by Crippen LogP contribution is 2.26. The predicted octanol–water partition coefficient (Wildman–Crippen LogP) is 1.61. The fourth-order valence-corrected chi connectivity index (χ4v) is 3.20. The molecular formula is C25H25F4N3O7. The molecule has 210 valence electrons. The number of hydrogen-bond donors (Lipinski definition) is 4. The maximum atomic E-state index is 13.8. The molecule has 2 atom stereocenters. The van der Waals surface area contributed by atoms with E-state index in [1.54, 1.807) is 30.3 Å². The quantitative estimate of drug-likeness (QED) is 0.177. The summed E-state index contributed by atoms with van der Waals surface area (Å²) >= 11 is 0. The average Bonchev–Trinajstić information content (AvgIpc) is 2.88. The third-order valence-corrected chi connectivity index (χ3v) is 5.25. The van der Waals surface area contributed by atoms with Gasteiger partial charge < -0.3 is 25.8 Å². The van der Waals surface area contributed by atoms with Crippen LogP contribution in [0.15, 0.2) is 36.4 Å². The number of ether oxygens (including phenoxy) is 1. The first kappa shape index (κ1) is 30.7. The van der Waals surface area contributed by atoms with Crippen LogP contribution in [-0.2, 0) is 30.5 Å². The Hall–Kier alpha value is -4.49. The number of rotatable bonds is 12. The van der Waals surface area contributed by atoms with Gasteiger partial charge in [-0.3, -0.25) is 24.0 Å². The van der Waals surface area contributed by atoms with Crippen LogP contribution >= 0.6 is 0 Å². The third kappa shape index (κ3) is 8.79. The van der Waals surface area contributed by atoms with Crippen molar-refractivity contribution in [3.05, 3.63) is 65.2 Å². The minimum absolute atomic E-state index is 0.0250. The summed E-state index contributed by atoms with van der Waals surface area (Å²) in [6.45, 7) is 1.74. The van der Waals surface area contributed by atoms with Gasteiger partial charge in [-0.2, -0.15) is 8.78 Å². The Morgan fingerprint density at radius 2 is 1.49 bits per heavy atom. The summed E-state index contributed by atoms with van der Waals surface area (Å²) < 4.78 is 58.9. The molecule has 0 heterocycles. The van der Waals surface area contributed by atoms with Gasteiger partial charge in [-0.05, 0) is 11.5 Å². The maximum Gasteiger partial charge on any atom is 0.309 e. The first-order chi connectivity index (χ1) is 18.3. The van der Waals surface area contributed by atoms with Gasteiger partial charge in [0.05, 0.1) is 6.42 Å². The van der Waals surface area contributed by atoms with Crippen molar-refractivity contribution >= 4 is 29.5 Å². The number of hydrogen-bond acceptors (Lipinski definition) is 6. The highest BCUT2D eigenvalue weighted by Gasteiger charge is 2.32. The van der Waals surface area contributed by atoms with Crippen LogP contribution < -0.4 is 20.7 Å². The number of aliphatic carboxylic acids is 1. The second kappa shape index (κ2) is 13.9. The number of carbonyl (C=O) groups is 5. The van der Waals surface area contributed by atoms with Gasteiger partial charge in [-0.1, -0.05) is 44.2 Å². The van der Waals surface area contributed by atoms with Gasteiger partial charge in [0.1, 0.15) is 18.7 Å². The number of nitrogens with one attached hydrogen (secondary N) is 3. The largest absolute Gasteiger partial charge is 0.481 e. The summed E-state index contributed by atoms with van der Waals surface area (Å²) in [7, 11) is 0. The van der Waals surface area contributed by atoms with E-state index in [1.807, 2.05) is 0 Å². The minimum Gasteiger partial charge on any atom is -0.481 e. The van der Waals surface area contributed by atoms with Crippen LogP contribution in [0.2, 0.25) is 0 Å². The molecule has 0 aromatic heterocycles. The molecule has 14 heteroatoms. The number of halogens is 4. The van der Waals surface area contributed by atoms with E-state index >= 15 is 0 Å². The smallest absolute Gasteiger partial charge is 0.309 e. The molecule has 2 aromatic rings. The summed E-state index contributed by atoms with van der Waals surface area (Å²) in [4.78, 5) is 61.1. The van der Waals surface area contributed by atoms with E-state index in [0.717, 1.165) is 0 Å². The van der Waals surface area contributed by atoms with E-state index < -0.39 is 89.5 Å². The number of amides is 3. The molecule has 0 spiro atoms. The van der Waals surface area contributed by atoms with Gasteiger partial charge in [-0.15, -0.1) is 0 Å². The van der Waals surface area contributed by atoms with Gasteiger partial charge in [0, 0.05) is 12.6 Å². The van der Waals surface area contributed by atoms with E-state index in [4.69, 9.17) is 5.11 Å². The number of carboxylic acids is 1. The number of ketones is 1. The molecule has 2 aromatic carbocycles.